The van der Waals surface area contributed by atoms with Crippen molar-refractivity contribution in [1.29, 1.82) is 0 Å². The van der Waals surface area contributed by atoms with Crippen LogP contribution in [0.5, 0.6) is 0 Å². The molecule has 4 rings (SSSR count). The van der Waals surface area contributed by atoms with Crippen LogP contribution in [0.3, 0.4) is 0 Å². The van der Waals surface area contributed by atoms with Gasteiger partial charge in [-0.3, -0.25) is 4.57 Å². The van der Waals surface area contributed by atoms with E-state index in [0.29, 0.717) is 18.4 Å². The zero-order chi connectivity index (χ0) is 20.2. The first-order chi connectivity index (χ1) is 14.2. The Balaban J connectivity index is 1.49. The first kappa shape index (κ1) is 19.0. The highest BCUT2D eigenvalue weighted by Gasteiger charge is 2.10. The quantitative estimate of drug-likeness (QED) is 0.504. The van der Waals surface area contributed by atoms with Gasteiger partial charge in [0.2, 0.25) is 0 Å². The second kappa shape index (κ2) is 8.38. The lowest BCUT2D eigenvalue weighted by Crippen LogP contribution is -2.26. The fourth-order valence-electron chi connectivity index (χ4n) is 2.88. The van der Waals surface area contributed by atoms with E-state index in [1.165, 1.54) is 15.6 Å². The molecule has 0 aliphatic carbocycles. The Morgan fingerprint density at radius 3 is 2.66 bits per heavy atom. The molecule has 29 heavy (non-hydrogen) atoms. The molecule has 3 heterocycles. The molecule has 148 valence electrons. The first-order valence-corrected chi connectivity index (χ1v) is 9.70. The van der Waals surface area contributed by atoms with E-state index < -0.39 is 0 Å². The van der Waals surface area contributed by atoms with Crippen molar-refractivity contribution < 1.29 is 8.91 Å². The summed E-state index contributed by atoms with van der Waals surface area (Å²) in [5.74, 6) is 0. The lowest BCUT2D eigenvalue weighted by molar-refractivity contribution is 0.422. The van der Waals surface area contributed by atoms with Gasteiger partial charge in [-0.15, -0.1) is 11.3 Å². The number of hydrogen-bond acceptors (Lipinski definition) is 6. The fourth-order valence-corrected chi connectivity index (χ4v) is 3.89. The van der Waals surface area contributed by atoms with Gasteiger partial charge in [-0.1, -0.05) is 29.4 Å². The SMILES string of the molecule is NC/C(=C\F)Cn1ncn(Cc2ccc(-c3ccc(-c4ccon4)cc3)s2)c1=O. The molecule has 2 N–H and O–H groups in total. The van der Waals surface area contributed by atoms with Crippen molar-refractivity contribution in [3.63, 3.8) is 0 Å². The van der Waals surface area contributed by atoms with Crippen molar-refractivity contribution >= 4 is 11.3 Å². The predicted molar refractivity (Wildman–Crippen MR) is 109 cm³/mol. The van der Waals surface area contributed by atoms with Gasteiger partial charge in [0, 0.05) is 27.9 Å². The average molecular weight is 411 g/mol. The van der Waals surface area contributed by atoms with Gasteiger partial charge in [-0.2, -0.15) is 5.10 Å². The van der Waals surface area contributed by atoms with Gasteiger partial charge in [-0.25, -0.2) is 13.9 Å². The lowest BCUT2D eigenvalue weighted by Gasteiger charge is -2.01. The molecule has 0 spiro atoms. The number of hydrogen-bond donors (Lipinski definition) is 1. The Labute approximate surface area is 169 Å². The number of nitrogens with zero attached hydrogens (tertiary/aromatic N) is 4. The van der Waals surface area contributed by atoms with Crippen LogP contribution in [-0.2, 0) is 13.1 Å². The summed E-state index contributed by atoms with van der Waals surface area (Å²) < 4.78 is 20.3. The minimum absolute atomic E-state index is 0.0412. The molecule has 0 atom stereocenters. The highest BCUT2D eigenvalue weighted by molar-refractivity contribution is 7.15. The van der Waals surface area contributed by atoms with E-state index in [1.54, 1.807) is 17.6 Å². The van der Waals surface area contributed by atoms with Crippen LogP contribution < -0.4 is 11.4 Å². The van der Waals surface area contributed by atoms with Gasteiger partial charge >= 0.3 is 5.69 Å². The Bertz CT molecular complexity index is 1170. The average Bonchev–Trinajstić information content (AvgIpc) is 3.50. The standard InChI is InChI=1S/C20H18FN5O2S/c21-9-14(10-22)11-26-20(27)25(13-23-26)12-17-5-6-19(29-17)16-3-1-15(2-4-16)18-7-8-28-24-18/h1-9,13H,10-12,22H2/b14-9+. The van der Waals surface area contributed by atoms with Crippen LogP contribution >= 0.6 is 11.3 Å². The number of nitrogens with two attached hydrogens (primary N) is 1. The first-order valence-electron chi connectivity index (χ1n) is 8.88. The molecule has 0 aliphatic rings. The molecule has 0 unspecified atom stereocenters. The van der Waals surface area contributed by atoms with E-state index in [0.717, 1.165) is 26.6 Å². The summed E-state index contributed by atoms with van der Waals surface area (Å²) in [6.45, 7) is 0.490. The maximum absolute atomic E-state index is 12.7. The Hall–Kier alpha value is -3.30. The maximum Gasteiger partial charge on any atom is 0.346 e. The summed E-state index contributed by atoms with van der Waals surface area (Å²) in [5.41, 5.74) is 8.31. The van der Waals surface area contributed by atoms with Gasteiger partial charge in [-0.05, 0) is 23.3 Å². The molecule has 0 radical (unpaired) electrons. The highest BCUT2D eigenvalue weighted by Crippen LogP contribution is 2.30. The van der Waals surface area contributed by atoms with Crippen LogP contribution in [0, 0.1) is 0 Å². The maximum atomic E-state index is 12.7. The lowest BCUT2D eigenvalue weighted by atomic mass is 10.1. The van der Waals surface area contributed by atoms with Crippen LogP contribution in [0.2, 0.25) is 0 Å². The summed E-state index contributed by atoms with van der Waals surface area (Å²) in [5, 5.41) is 7.98. The third kappa shape index (κ3) is 4.10. The number of halogens is 1. The summed E-state index contributed by atoms with van der Waals surface area (Å²) in [6, 6.07) is 13.9. The van der Waals surface area contributed by atoms with Crippen LogP contribution in [-0.4, -0.2) is 26.0 Å². The Morgan fingerprint density at radius 2 is 1.97 bits per heavy atom. The predicted octanol–water partition coefficient (Wildman–Crippen LogP) is 3.29. The fraction of sp³-hybridized carbons (Fsp3) is 0.150. The second-order valence-electron chi connectivity index (χ2n) is 6.40. The van der Waals surface area contributed by atoms with Crippen molar-refractivity contribution in [1.82, 2.24) is 19.5 Å². The van der Waals surface area contributed by atoms with E-state index in [-0.39, 0.29) is 18.8 Å². The Morgan fingerprint density at radius 1 is 1.17 bits per heavy atom. The molecule has 0 amide bonds. The van der Waals surface area contributed by atoms with Crippen molar-refractivity contribution in [2.24, 2.45) is 5.73 Å². The van der Waals surface area contributed by atoms with E-state index >= 15 is 0 Å². The molecule has 0 saturated heterocycles. The van der Waals surface area contributed by atoms with Crippen molar-refractivity contribution in [3.05, 3.63) is 82.3 Å². The zero-order valence-electron chi connectivity index (χ0n) is 15.4. The molecule has 1 aromatic carbocycles. The molecule has 0 saturated carbocycles. The van der Waals surface area contributed by atoms with Crippen molar-refractivity contribution in [2.45, 2.75) is 13.1 Å². The summed E-state index contributed by atoms with van der Waals surface area (Å²) >= 11 is 1.60. The molecular weight excluding hydrogens is 393 g/mol. The largest absolute Gasteiger partial charge is 0.364 e. The van der Waals surface area contributed by atoms with Gasteiger partial charge in [0.05, 0.1) is 19.4 Å². The van der Waals surface area contributed by atoms with Crippen LogP contribution in [0.15, 0.2) is 76.3 Å². The van der Waals surface area contributed by atoms with Gasteiger partial charge in [0.25, 0.3) is 0 Å². The number of aromatic nitrogens is 4. The molecule has 3 aromatic heterocycles. The van der Waals surface area contributed by atoms with Crippen LogP contribution in [0.4, 0.5) is 4.39 Å². The smallest absolute Gasteiger partial charge is 0.346 e. The summed E-state index contributed by atoms with van der Waals surface area (Å²) in [6.07, 6.45) is 3.43. The molecule has 9 heteroatoms. The van der Waals surface area contributed by atoms with Crippen LogP contribution in [0.1, 0.15) is 4.88 Å². The molecule has 0 bridgehead atoms. The Kier molecular flexibility index (Phi) is 5.50. The van der Waals surface area contributed by atoms with Crippen LogP contribution in [0.25, 0.3) is 21.7 Å². The van der Waals surface area contributed by atoms with Crippen molar-refractivity contribution in [2.75, 3.05) is 6.54 Å². The van der Waals surface area contributed by atoms with E-state index in [4.69, 9.17) is 10.3 Å². The summed E-state index contributed by atoms with van der Waals surface area (Å²) in [7, 11) is 0. The number of thiophene rings is 1. The van der Waals surface area contributed by atoms with Gasteiger partial charge in [0.1, 0.15) is 18.3 Å². The normalized spacial score (nSPS) is 11.9. The minimum Gasteiger partial charge on any atom is -0.364 e. The topological polar surface area (TPSA) is 91.9 Å². The molecular formula is C20H18FN5O2S. The number of rotatable bonds is 7. The van der Waals surface area contributed by atoms with Gasteiger partial charge in [0.15, 0.2) is 0 Å². The number of benzene rings is 1. The van der Waals surface area contributed by atoms with Gasteiger partial charge < -0.3 is 10.3 Å². The van der Waals surface area contributed by atoms with E-state index in [9.17, 15) is 9.18 Å². The molecule has 7 nitrogen and oxygen atoms in total. The van der Waals surface area contributed by atoms with E-state index in [1.807, 2.05) is 42.5 Å². The van der Waals surface area contributed by atoms with Crippen molar-refractivity contribution in [3.8, 4) is 21.7 Å². The molecule has 0 aliphatic heterocycles. The van der Waals surface area contributed by atoms with E-state index in [2.05, 4.69) is 10.3 Å². The zero-order valence-corrected chi connectivity index (χ0v) is 16.2. The third-order valence-electron chi connectivity index (χ3n) is 4.46. The second-order valence-corrected chi connectivity index (χ2v) is 7.57. The molecule has 0 fully saturated rings. The minimum atomic E-state index is -0.301. The molecule has 4 aromatic rings. The summed E-state index contributed by atoms with van der Waals surface area (Å²) in [4.78, 5) is 14.5. The third-order valence-corrected chi connectivity index (χ3v) is 5.58. The highest BCUT2D eigenvalue weighted by atomic mass is 32.1. The monoisotopic (exact) mass is 411 g/mol.